The SMILES string of the molecule is CCOC(=O)CN(CC1CC1)C(=O)c1ccc(CC)c(S(=O)(=O)N2CCOCC2)c1. The highest BCUT2D eigenvalue weighted by molar-refractivity contribution is 7.89. The lowest BCUT2D eigenvalue weighted by Crippen LogP contribution is -2.41. The quantitative estimate of drug-likeness (QED) is 0.545. The number of hydrogen-bond donors (Lipinski definition) is 0. The first-order chi connectivity index (χ1) is 14.4. The highest BCUT2D eigenvalue weighted by Crippen LogP contribution is 2.30. The molecule has 3 rings (SSSR count). The average molecular weight is 439 g/mol. The average Bonchev–Trinajstić information content (AvgIpc) is 3.57. The molecule has 0 spiro atoms. The molecule has 0 unspecified atom stereocenters. The van der Waals surface area contributed by atoms with Crippen LogP contribution in [-0.4, -0.2) is 75.5 Å². The summed E-state index contributed by atoms with van der Waals surface area (Å²) in [5, 5.41) is 0. The van der Waals surface area contributed by atoms with Crippen LogP contribution in [0.4, 0.5) is 0 Å². The molecule has 2 fully saturated rings. The van der Waals surface area contributed by atoms with Crippen LogP contribution >= 0.6 is 0 Å². The monoisotopic (exact) mass is 438 g/mol. The summed E-state index contributed by atoms with van der Waals surface area (Å²) in [6, 6.07) is 4.79. The Morgan fingerprint density at radius 3 is 2.50 bits per heavy atom. The predicted molar refractivity (Wildman–Crippen MR) is 111 cm³/mol. The third-order valence-electron chi connectivity index (χ3n) is 5.37. The van der Waals surface area contributed by atoms with Gasteiger partial charge in [0.25, 0.3) is 5.91 Å². The van der Waals surface area contributed by atoms with Crippen molar-refractivity contribution in [1.82, 2.24) is 9.21 Å². The van der Waals surface area contributed by atoms with Gasteiger partial charge >= 0.3 is 5.97 Å². The van der Waals surface area contributed by atoms with E-state index in [0.717, 1.165) is 12.8 Å². The number of carbonyl (C=O) groups excluding carboxylic acids is 2. The van der Waals surface area contributed by atoms with Crippen LogP contribution in [0.3, 0.4) is 0 Å². The van der Waals surface area contributed by atoms with Crippen LogP contribution in [0.1, 0.15) is 42.6 Å². The minimum Gasteiger partial charge on any atom is -0.465 e. The van der Waals surface area contributed by atoms with Crippen molar-refractivity contribution in [3.8, 4) is 0 Å². The molecule has 0 atom stereocenters. The minimum absolute atomic E-state index is 0.135. The highest BCUT2D eigenvalue weighted by atomic mass is 32.2. The summed E-state index contributed by atoms with van der Waals surface area (Å²) in [5.41, 5.74) is 0.932. The zero-order valence-corrected chi connectivity index (χ0v) is 18.4. The summed E-state index contributed by atoms with van der Waals surface area (Å²) in [5.74, 6) is -0.427. The molecule has 1 amide bonds. The second kappa shape index (κ2) is 9.89. The van der Waals surface area contributed by atoms with Crippen LogP contribution in [0.25, 0.3) is 0 Å². The Morgan fingerprint density at radius 2 is 1.90 bits per heavy atom. The number of carbonyl (C=O) groups is 2. The second-order valence-electron chi connectivity index (χ2n) is 7.63. The molecule has 1 aliphatic heterocycles. The predicted octanol–water partition coefficient (Wildman–Crippen LogP) is 1.69. The van der Waals surface area contributed by atoms with Gasteiger partial charge in [0.2, 0.25) is 10.0 Å². The third kappa shape index (κ3) is 5.39. The number of sulfonamides is 1. The lowest BCUT2D eigenvalue weighted by molar-refractivity contribution is -0.143. The van der Waals surface area contributed by atoms with E-state index in [0.29, 0.717) is 50.8 Å². The maximum atomic E-state index is 13.2. The van der Waals surface area contributed by atoms with Crippen molar-refractivity contribution in [2.75, 3.05) is 46.0 Å². The van der Waals surface area contributed by atoms with Gasteiger partial charge in [-0.05, 0) is 49.8 Å². The van der Waals surface area contributed by atoms with Gasteiger partial charge in [-0.1, -0.05) is 13.0 Å². The Bertz CT molecular complexity index is 875. The maximum Gasteiger partial charge on any atom is 0.325 e. The lowest BCUT2D eigenvalue weighted by atomic mass is 10.1. The van der Waals surface area contributed by atoms with Crippen LogP contribution < -0.4 is 0 Å². The molecule has 0 N–H and O–H groups in total. The molecule has 1 aliphatic carbocycles. The van der Waals surface area contributed by atoms with Crippen molar-refractivity contribution in [1.29, 1.82) is 0 Å². The van der Waals surface area contributed by atoms with Gasteiger partial charge in [-0.2, -0.15) is 4.31 Å². The summed E-state index contributed by atoms with van der Waals surface area (Å²) >= 11 is 0. The molecule has 1 heterocycles. The standard InChI is InChI=1S/C21H30N2O6S/c1-3-17-7-8-18(13-19(17)30(26,27)23-9-11-28-12-10-23)21(25)22(14-16-5-6-16)15-20(24)29-4-2/h7-8,13,16H,3-6,9-12,14-15H2,1-2H3. The van der Waals surface area contributed by atoms with Gasteiger partial charge in [-0.15, -0.1) is 0 Å². The van der Waals surface area contributed by atoms with E-state index >= 15 is 0 Å². The van der Waals surface area contributed by atoms with E-state index in [9.17, 15) is 18.0 Å². The van der Waals surface area contributed by atoms with E-state index in [4.69, 9.17) is 9.47 Å². The lowest BCUT2D eigenvalue weighted by Gasteiger charge is -2.27. The van der Waals surface area contributed by atoms with Crippen molar-refractivity contribution in [3.63, 3.8) is 0 Å². The molecule has 1 aromatic carbocycles. The number of benzene rings is 1. The number of hydrogen-bond acceptors (Lipinski definition) is 6. The molecule has 9 heteroatoms. The van der Waals surface area contributed by atoms with Crippen LogP contribution in [0.5, 0.6) is 0 Å². The molecule has 1 saturated heterocycles. The molecule has 2 aliphatic rings. The molecular weight excluding hydrogens is 408 g/mol. The zero-order valence-electron chi connectivity index (χ0n) is 17.6. The number of esters is 1. The number of rotatable bonds is 9. The molecule has 0 radical (unpaired) electrons. The van der Waals surface area contributed by atoms with Gasteiger partial charge in [0.1, 0.15) is 6.54 Å². The molecule has 166 valence electrons. The van der Waals surface area contributed by atoms with Crippen molar-refractivity contribution in [2.45, 2.75) is 38.0 Å². The summed E-state index contributed by atoms with van der Waals surface area (Å²) in [6.45, 7) is 5.48. The fourth-order valence-electron chi connectivity index (χ4n) is 3.52. The van der Waals surface area contributed by atoms with Crippen LogP contribution in [-0.2, 0) is 30.7 Å². The van der Waals surface area contributed by atoms with Gasteiger partial charge in [0.15, 0.2) is 0 Å². The molecule has 0 aromatic heterocycles. The fraction of sp³-hybridized carbons (Fsp3) is 0.619. The van der Waals surface area contributed by atoms with Gasteiger partial charge in [-0.3, -0.25) is 9.59 Å². The van der Waals surface area contributed by atoms with Gasteiger partial charge in [0.05, 0.1) is 24.7 Å². The molecule has 1 aromatic rings. The Balaban J connectivity index is 1.89. The zero-order chi connectivity index (χ0) is 21.7. The second-order valence-corrected chi connectivity index (χ2v) is 9.53. The van der Waals surface area contributed by atoms with Crippen LogP contribution in [0.2, 0.25) is 0 Å². The fourth-order valence-corrected chi connectivity index (χ4v) is 5.25. The number of nitrogens with zero attached hydrogens (tertiary/aromatic N) is 2. The molecule has 0 bridgehead atoms. The summed E-state index contributed by atoms with van der Waals surface area (Å²) in [7, 11) is -3.74. The van der Waals surface area contributed by atoms with E-state index in [1.54, 1.807) is 19.1 Å². The number of amides is 1. The molecule has 30 heavy (non-hydrogen) atoms. The Hall–Kier alpha value is -1.97. The van der Waals surface area contributed by atoms with Gasteiger partial charge in [0, 0.05) is 25.2 Å². The molecule has 8 nitrogen and oxygen atoms in total. The van der Waals surface area contributed by atoms with E-state index in [1.807, 2.05) is 6.92 Å². The van der Waals surface area contributed by atoms with Crippen molar-refractivity contribution < 1.29 is 27.5 Å². The summed E-state index contributed by atoms with van der Waals surface area (Å²) < 4.78 is 38.1. The van der Waals surface area contributed by atoms with Crippen LogP contribution in [0, 0.1) is 5.92 Å². The number of aryl methyl sites for hydroxylation is 1. The maximum absolute atomic E-state index is 13.2. The Labute approximate surface area is 178 Å². The van der Waals surface area contributed by atoms with Crippen molar-refractivity contribution >= 4 is 21.9 Å². The highest BCUT2D eigenvalue weighted by Gasteiger charge is 2.32. The van der Waals surface area contributed by atoms with Crippen molar-refractivity contribution in [2.24, 2.45) is 5.92 Å². The smallest absolute Gasteiger partial charge is 0.325 e. The normalized spacial score (nSPS) is 17.5. The molecular formula is C21H30N2O6S. The summed E-state index contributed by atoms with van der Waals surface area (Å²) in [4.78, 5) is 26.8. The Kier molecular flexibility index (Phi) is 7.49. The Morgan fingerprint density at radius 1 is 1.20 bits per heavy atom. The van der Waals surface area contributed by atoms with E-state index in [-0.39, 0.29) is 29.5 Å². The van der Waals surface area contributed by atoms with E-state index in [1.165, 1.54) is 15.3 Å². The molecule has 1 saturated carbocycles. The van der Waals surface area contributed by atoms with E-state index in [2.05, 4.69) is 0 Å². The van der Waals surface area contributed by atoms with Crippen LogP contribution in [0.15, 0.2) is 23.1 Å². The number of morpholine rings is 1. The minimum atomic E-state index is -3.74. The number of ether oxygens (including phenoxy) is 2. The van der Waals surface area contributed by atoms with E-state index < -0.39 is 16.0 Å². The first kappa shape index (κ1) is 22.7. The topological polar surface area (TPSA) is 93.2 Å². The van der Waals surface area contributed by atoms with Gasteiger partial charge < -0.3 is 14.4 Å². The summed E-state index contributed by atoms with van der Waals surface area (Å²) in [6.07, 6.45) is 2.58. The van der Waals surface area contributed by atoms with Gasteiger partial charge in [-0.25, -0.2) is 8.42 Å². The third-order valence-corrected chi connectivity index (χ3v) is 7.35. The van der Waals surface area contributed by atoms with Crippen molar-refractivity contribution in [3.05, 3.63) is 29.3 Å². The first-order valence-corrected chi connectivity index (χ1v) is 12.0. The first-order valence-electron chi connectivity index (χ1n) is 10.5. The largest absolute Gasteiger partial charge is 0.465 e.